The van der Waals surface area contributed by atoms with Crippen molar-refractivity contribution in [1.82, 2.24) is 4.57 Å². The molecular formula is C12H12N2O4. The highest BCUT2D eigenvalue weighted by Gasteiger charge is 2.16. The maximum Gasteiger partial charge on any atom is 0.341 e. The van der Waals surface area contributed by atoms with Gasteiger partial charge in [-0.25, -0.2) is 4.79 Å². The van der Waals surface area contributed by atoms with E-state index in [1.54, 1.807) is 11.5 Å². The van der Waals surface area contributed by atoms with Gasteiger partial charge in [-0.05, 0) is 6.92 Å². The molecule has 0 aromatic carbocycles. The summed E-state index contributed by atoms with van der Waals surface area (Å²) in [6.07, 6.45) is 2.56. The Morgan fingerprint density at radius 3 is 2.78 bits per heavy atom. The fourth-order valence-electron chi connectivity index (χ4n) is 1.88. The minimum absolute atomic E-state index is 0.251. The van der Waals surface area contributed by atoms with Gasteiger partial charge in [0, 0.05) is 25.7 Å². The number of rotatable bonds is 2. The molecule has 0 saturated carbocycles. The molecule has 0 fully saturated rings. The average molecular weight is 248 g/mol. The van der Waals surface area contributed by atoms with Gasteiger partial charge >= 0.3 is 5.97 Å². The van der Waals surface area contributed by atoms with Crippen molar-refractivity contribution in [3.8, 4) is 0 Å². The van der Waals surface area contributed by atoms with E-state index in [9.17, 15) is 14.8 Å². The zero-order chi connectivity index (χ0) is 13.4. The number of nitrogens with zero attached hydrogens (tertiary/aromatic N) is 2. The highest BCUT2D eigenvalue weighted by molar-refractivity contribution is 5.92. The molecule has 0 saturated heterocycles. The molecule has 1 N–H and O–H groups in total. The van der Waals surface area contributed by atoms with Crippen molar-refractivity contribution in [2.75, 3.05) is 0 Å². The van der Waals surface area contributed by atoms with Crippen molar-refractivity contribution < 1.29 is 14.6 Å². The first-order valence-corrected chi connectivity index (χ1v) is 5.46. The molecule has 0 bridgehead atoms. The lowest BCUT2D eigenvalue weighted by Crippen LogP contribution is -2.31. The molecule has 18 heavy (non-hydrogen) atoms. The van der Waals surface area contributed by atoms with Crippen LogP contribution < -0.4 is 10.2 Å². The second-order valence-electron chi connectivity index (χ2n) is 4.00. The molecule has 94 valence electrons. The molecule has 2 aromatic rings. The smallest absolute Gasteiger partial charge is 0.341 e. The minimum atomic E-state index is -1.26. The first kappa shape index (κ1) is 12.1. The Morgan fingerprint density at radius 1 is 1.56 bits per heavy atom. The second kappa shape index (κ2) is 4.14. The molecule has 0 unspecified atom stereocenters. The monoisotopic (exact) mass is 248 g/mol. The topological polar surface area (TPSA) is 86.2 Å². The molecule has 0 atom stereocenters. The van der Waals surface area contributed by atoms with Crippen molar-refractivity contribution in [2.45, 2.75) is 20.4 Å². The predicted molar refractivity (Wildman–Crippen MR) is 64.5 cm³/mol. The van der Waals surface area contributed by atoms with Crippen molar-refractivity contribution in [1.29, 1.82) is 0 Å². The van der Waals surface area contributed by atoms with E-state index in [4.69, 9.17) is 5.11 Å². The normalized spacial score (nSPS) is 10.8. The van der Waals surface area contributed by atoms with E-state index in [2.05, 4.69) is 0 Å². The summed E-state index contributed by atoms with van der Waals surface area (Å²) in [6.45, 7) is 3.85. The highest BCUT2D eigenvalue weighted by Crippen LogP contribution is 2.11. The number of hydrogen-bond acceptors (Lipinski definition) is 3. The Hall–Kier alpha value is -2.37. The van der Waals surface area contributed by atoms with E-state index in [-0.39, 0.29) is 10.9 Å². The van der Waals surface area contributed by atoms with Gasteiger partial charge in [-0.15, -0.1) is 0 Å². The molecule has 0 spiro atoms. The quantitative estimate of drug-likeness (QED) is 0.624. The SMILES string of the molecule is CCn1cc(C(=O)O)c(=O)c2cc(C)[n+]([O-])cc21. The summed E-state index contributed by atoms with van der Waals surface area (Å²) in [5.41, 5.74) is -0.0591. The van der Waals surface area contributed by atoms with Crippen LogP contribution in [0.4, 0.5) is 0 Å². The van der Waals surface area contributed by atoms with Gasteiger partial charge in [0.2, 0.25) is 11.6 Å². The standard InChI is InChI=1S/C12H12N2O4/c1-3-13-5-9(12(16)17)11(15)8-4-7(2)14(18)6-10(8)13/h4-6H,3H2,1-2H3,(H,16,17). The number of aromatic carboxylic acids is 1. The zero-order valence-corrected chi connectivity index (χ0v) is 10.0. The Balaban J connectivity index is 2.99. The summed E-state index contributed by atoms with van der Waals surface area (Å²) in [5.74, 6) is -1.26. The summed E-state index contributed by atoms with van der Waals surface area (Å²) in [5, 5.41) is 20.8. The summed E-state index contributed by atoms with van der Waals surface area (Å²) in [6, 6.07) is 1.42. The van der Waals surface area contributed by atoms with Crippen LogP contribution in [0.25, 0.3) is 10.9 Å². The predicted octanol–water partition coefficient (Wildman–Crippen LogP) is 0.661. The van der Waals surface area contributed by atoms with Crippen LogP contribution in [0.2, 0.25) is 0 Å². The van der Waals surface area contributed by atoms with E-state index in [0.29, 0.717) is 22.5 Å². The number of carboxylic acid groups (broad SMARTS) is 1. The maximum absolute atomic E-state index is 12.0. The molecule has 0 amide bonds. The largest absolute Gasteiger partial charge is 0.618 e. The zero-order valence-electron chi connectivity index (χ0n) is 10.0. The number of hydrogen-bond donors (Lipinski definition) is 1. The van der Waals surface area contributed by atoms with Crippen molar-refractivity contribution in [3.05, 3.63) is 45.1 Å². The van der Waals surface area contributed by atoms with Crippen LogP contribution in [0, 0.1) is 12.1 Å². The molecule has 0 aliphatic heterocycles. The Kier molecular flexibility index (Phi) is 2.78. The third-order valence-electron chi connectivity index (χ3n) is 2.87. The van der Waals surface area contributed by atoms with Crippen molar-refractivity contribution in [3.63, 3.8) is 0 Å². The van der Waals surface area contributed by atoms with Gasteiger partial charge in [-0.3, -0.25) is 4.79 Å². The Bertz CT molecular complexity index is 703. The Labute approximate surface area is 102 Å². The summed E-state index contributed by atoms with van der Waals surface area (Å²) in [7, 11) is 0. The van der Waals surface area contributed by atoms with E-state index in [0.717, 1.165) is 0 Å². The van der Waals surface area contributed by atoms with Crippen LogP contribution in [-0.2, 0) is 6.54 Å². The molecule has 6 heteroatoms. The maximum atomic E-state index is 12.0. The fourth-order valence-corrected chi connectivity index (χ4v) is 1.88. The van der Waals surface area contributed by atoms with Crippen LogP contribution in [0.5, 0.6) is 0 Å². The van der Waals surface area contributed by atoms with Gasteiger partial charge in [0.25, 0.3) is 0 Å². The van der Waals surface area contributed by atoms with Gasteiger partial charge < -0.3 is 14.9 Å². The third-order valence-corrected chi connectivity index (χ3v) is 2.87. The number of aryl methyl sites for hydroxylation is 2. The van der Waals surface area contributed by atoms with Crippen molar-refractivity contribution in [2.24, 2.45) is 0 Å². The molecule has 0 aliphatic carbocycles. The fraction of sp³-hybridized carbons (Fsp3) is 0.250. The third kappa shape index (κ3) is 1.71. The number of pyridine rings is 2. The summed E-state index contributed by atoms with van der Waals surface area (Å²) in [4.78, 5) is 23.0. The second-order valence-corrected chi connectivity index (χ2v) is 4.00. The van der Waals surface area contributed by atoms with Crippen LogP contribution in [0.1, 0.15) is 23.0 Å². The number of fused-ring (bicyclic) bond motifs is 1. The van der Waals surface area contributed by atoms with E-state index < -0.39 is 11.4 Å². The van der Waals surface area contributed by atoms with Crippen LogP contribution >= 0.6 is 0 Å². The molecule has 2 heterocycles. The van der Waals surface area contributed by atoms with Crippen molar-refractivity contribution >= 4 is 16.9 Å². The van der Waals surface area contributed by atoms with Crippen LogP contribution in [0.3, 0.4) is 0 Å². The minimum Gasteiger partial charge on any atom is -0.618 e. The Morgan fingerprint density at radius 2 is 2.22 bits per heavy atom. The lowest BCUT2D eigenvalue weighted by atomic mass is 10.1. The number of carboxylic acids is 1. The molecule has 0 radical (unpaired) electrons. The number of aromatic nitrogens is 2. The number of carbonyl (C=O) groups is 1. The molecule has 6 nitrogen and oxygen atoms in total. The first-order valence-electron chi connectivity index (χ1n) is 5.46. The van der Waals surface area contributed by atoms with E-state index >= 15 is 0 Å². The summed E-state index contributed by atoms with van der Waals surface area (Å²) < 4.78 is 2.24. The molecule has 0 aliphatic rings. The van der Waals surface area contributed by atoms with E-state index in [1.807, 2.05) is 6.92 Å². The van der Waals surface area contributed by atoms with Crippen LogP contribution in [0.15, 0.2) is 23.3 Å². The average Bonchev–Trinajstić information content (AvgIpc) is 2.32. The summed E-state index contributed by atoms with van der Waals surface area (Å²) >= 11 is 0. The van der Waals surface area contributed by atoms with Gasteiger partial charge in [0.05, 0.1) is 5.39 Å². The van der Waals surface area contributed by atoms with Gasteiger partial charge in [0.1, 0.15) is 11.1 Å². The van der Waals surface area contributed by atoms with Gasteiger partial charge in [0.15, 0.2) is 5.69 Å². The lowest BCUT2D eigenvalue weighted by Gasteiger charge is -2.10. The van der Waals surface area contributed by atoms with Gasteiger partial charge in [-0.2, -0.15) is 4.73 Å². The molecule has 2 aromatic heterocycles. The molecule has 2 rings (SSSR count). The van der Waals surface area contributed by atoms with E-state index in [1.165, 1.54) is 18.5 Å². The van der Waals surface area contributed by atoms with Gasteiger partial charge in [-0.1, -0.05) is 0 Å². The molecular weight excluding hydrogens is 236 g/mol. The lowest BCUT2D eigenvalue weighted by molar-refractivity contribution is -0.610. The highest BCUT2D eigenvalue weighted by atomic mass is 16.5. The first-order chi connectivity index (χ1) is 8.45. The van der Waals surface area contributed by atoms with Crippen LogP contribution in [-0.4, -0.2) is 15.6 Å².